The molecule has 0 bridgehead atoms. The number of carbonyl (C=O) groups is 1. The van der Waals surface area contributed by atoms with Gasteiger partial charge >= 0.3 is 0 Å². The number of amides is 1. The van der Waals surface area contributed by atoms with Crippen LogP contribution in [0.3, 0.4) is 0 Å². The normalized spacial score (nSPS) is 13.2. The number of hydrogen-bond donors (Lipinski definition) is 1. The van der Waals surface area contributed by atoms with E-state index in [0.717, 1.165) is 17.4 Å². The van der Waals surface area contributed by atoms with E-state index in [-0.39, 0.29) is 5.91 Å². The maximum absolute atomic E-state index is 12.9. The minimum Gasteiger partial charge on any atom is -0.486 e. The van der Waals surface area contributed by atoms with E-state index >= 15 is 0 Å². The topological polar surface area (TPSA) is 52.5 Å². The second-order valence-electron chi connectivity index (χ2n) is 6.92. The van der Waals surface area contributed by atoms with Gasteiger partial charge in [0.25, 0.3) is 5.91 Å². The summed E-state index contributed by atoms with van der Waals surface area (Å²) >= 11 is 0. The Labute approximate surface area is 152 Å². The van der Waals surface area contributed by atoms with Crippen LogP contribution in [-0.4, -0.2) is 23.7 Å². The van der Waals surface area contributed by atoms with Crippen molar-refractivity contribution in [1.82, 2.24) is 4.57 Å². The van der Waals surface area contributed by atoms with Gasteiger partial charge in [0.15, 0.2) is 11.5 Å². The van der Waals surface area contributed by atoms with E-state index in [0.29, 0.717) is 41.9 Å². The first-order valence-corrected chi connectivity index (χ1v) is 8.90. The Hall–Kier alpha value is -2.95. The minimum atomic E-state index is -0.125. The summed E-state index contributed by atoms with van der Waals surface area (Å²) in [7, 11) is 0. The third kappa shape index (κ3) is 3.12. The highest BCUT2D eigenvalue weighted by molar-refractivity contribution is 6.13. The van der Waals surface area contributed by atoms with Crippen molar-refractivity contribution >= 4 is 22.5 Å². The van der Waals surface area contributed by atoms with E-state index < -0.39 is 0 Å². The van der Waals surface area contributed by atoms with Crippen LogP contribution in [-0.2, 0) is 6.54 Å². The number of benzene rings is 2. The molecule has 26 heavy (non-hydrogen) atoms. The van der Waals surface area contributed by atoms with Crippen molar-refractivity contribution in [3.63, 3.8) is 0 Å². The Morgan fingerprint density at radius 3 is 2.69 bits per heavy atom. The summed E-state index contributed by atoms with van der Waals surface area (Å²) in [5, 5.41) is 3.94. The number of rotatable bonds is 4. The van der Waals surface area contributed by atoms with Crippen LogP contribution in [0.1, 0.15) is 24.2 Å². The van der Waals surface area contributed by atoms with Gasteiger partial charge in [0, 0.05) is 35.4 Å². The van der Waals surface area contributed by atoms with Gasteiger partial charge in [-0.1, -0.05) is 32.0 Å². The summed E-state index contributed by atoms with van der Waals surface area (Å²) in [5.41, 5.74) is 2.45. The van der Waals surface area contributed by atoms with Gasteiger partial charge in [0.2, 0.25) is 0 Å². The fourth-order valence-electron chi connectivity index (χ4n) is 3.29. The first-order valence-electron chi connectivity index (χ1n) is 8.90. The van der Waals surface area contributed by atoms with Crippen molar-refractivity contribution < 1.29 is 14.3 Å². The van der Waals surface area contributed by atoms with E-state index in [2.05, 4.69) is 29.8 Å². The summed E-state index contributed by atoms with van der Waals surface area (Å²) in [4.78, 5) is 12.9. The maximum Gasteiger partial charge on any atom is 0.257 e. The second-order valence-corrected chi connectivity index (χ2v) is 6.92. The summed E-state index contributed by atoms with van der Waals surface area (Å²) in [6.07, 6.45) is 1.94. The van der Waals surface area contributed by atoms with Crippen LogP contribution in [0.2, 0.25) is 0 Å². The van der Waals surface area contributed by atoms with Crippen LogP contribution in [0.15, 0.2) is 48.7 Å². The molecule has 1 aromatic heterocycles. The monoisotopic (exact) mass is 350 g/mol. The molecule has 0 saturated carbocycles. The largest absolute Gasteiger partial charge is 0.486 e. The average molecular weight is 350 g/mol. The Morgan fingerprint density at radius 2 is 1.88 bits per heavy atom. The molecule has 0 atom stereocenters. The molecule has 0 fully saturated rings. The molecule has 2 heterocycles. The van der Waals surface area contributed by atoms with Gasteiger partial charge in [-0.25, -0.2) is 0 Å². The Bertz CT molecular complexity index is 959. The van der Waals surface area contributed by atoms with Crippen LogP contribution in [0.4, 0.5) is 5.69 Å². The predicted octanol–water partition coefficient (Wildman–Crippen LogP) is 4.32. The van der Waals surface area contributed by atoms with Crippen molar-refractivity contribution in [3.05, 3.63) is 54.2 Å². The lowest BCUT2D eigenvalue weighted by atomic mass is 10.1. The van der Waals surface area contributed by atoms with Crippen molar-refractivity contribution in [2.24, 2.45) is 5.92 Å². The van der Waals surface area contributed by atoms with Crippen molar-refractivity contribution in [1.29, 1.82) is 0 Å². The minimum absolute atomic E-state index is 0.125. The molecule has 0 saturated heterocycles. The summed E-state index contributed by atoms with van der Waals surface area (Å²) in [6.45, 7) is 6.28. The smallest absolute Gasteiger partial charge is 0.257 e. The lowest BCUT2D eigenvalue weighted by molar-refractivity contribution is 0.102. The zero-order valence-electron chi connectivity index (χ0n) is 15.0. The predicted molar refractivity (Wildman–Crippen MR) is 102 cm³/mol. The molecule has 134 valence electrons. The standard InChI is InChI=1S/C21H22N2O3/c1-14(2)12-23-13-17(16-5-3-4-6-18(16)23)21(24)22-15-7-8-19-20(11-15)26-10-9-25-19/h3-8,11,13-14H,9-10,12H2,1-2H3,(H,22,24). The molecule has 5 heteroatoms. The fraction of sp³-hybridized carbons (Fsp3) is 0.286. The van der Waals surface area contributed by atoms with Gasteiger partial charge in [-0.05, 0) is 24.1 Å². The number of carbonyl (C=O) groups excluding carboxylic acids is 1. The number of ether oxygens (including phenoxy) is 2. The zero-order chi connectivity index (χ0) is 18.1. The van der Waals surface area contributed by atoms with Crippen molar-refractivity contribution in [2.45, 2.75) is 20.4 Å². The number of hydrogen-bond acceptors (Lipinski definition) is 3. The number of nitrogens with one attached hydrogen (secondary N) is 1. The molecule has 2 aromatic carbocycles. The molecule has 0 unspecified atom stereocenters. The van der Waals surface area contributed by atoms with E-state index in [1.807, 2.05) is 36.5 Å². The highest BCUT2D eigenvalue weighted by Gasteiger charge is 2.17. The van der Waals surface area contributed by atoms with E-state index in [1.165, 1.54) is 0 Å². The van der Waals surface area contributed by atoms with Crippen LogP contribution < -0.4 is 14.8 Å². The van der Waals surface area contributed by atoms with Crippen molar-refractivity contribution in [2.75, 3.05) is 18.5 Å². The van der Waals surface area contributed by atoms with Crippen LogP contribution in [0.25, 0.3) is 10.9 Å². The SMILES string of the molecule is CC(C)Cn1cc(C(=O)Nc2ccc3c(c2)OCCO3)c2ccccc21. The zero-order valence-corrected chi connectivity index (χ0v) is 15.0. The lowest BCUT2D eigenvalue weighted by Crippen LogP contribution is -2.16. The molecule has 0 aliphatic carbocycles. The highest BCUT2D eigenvalue weighted by Crippen LogP contribution is 2.33. The Balaban J connectivity index is 1.64. The van der Waals surface area contributed by atoms with E-state index in [1.54, 1.807) is 6.07 Å². The van der Waals surface area contributed by atoms with Gasteiger partial charge in [-0.15, -0.1) is 0 Å². The average Bonchev–Trinajstić information content (AvgIpc) is 3.00. The fourth-order valence-corrected chi connectivity index (χ4v) is 3.29. The Morgan fingerprint density at radius 1 is 1.12 bits per heavy atom. The van der Waals surface area contributed by atoms with E-state index in [4.69, 9.17) is 9.47 Å². The number of aromatic nitrogens is 1. The van der Waals surface area contributed by atoms with Crippen LogP contribution in [0.5, 0.6) is 11.5 Å². The van der Waals surface area contributed by atoms with Gasteiger partial charge in [-0.2, -0.15) is 0 Å². The quantitative estimate of drug-likeness (QED) is 0.762. The summed E-state index contributed by atoms with van der Waals surface area (Å²) in [6, 6.07) is 13.5. The highest BCUT2D eigenvalue weighted by atomic mass is 16.6. The first-order chi connectivity index (χ1) is 12.6. The summed E-state index contributed by atoms with van der Waals surface area (Å²) < 4.78 is 13.3. The van der Waals surface area contributed by atoms with Gasteiger partial charge in [0.05, 0.1) is 5.56 Å². The molecular weight excluding hydrogens is 328 g/mol. The molecule has 0 spiro atoms. The molecule has 5 nitrogen and oxygen atoms in total. The van der Waals surface area contributed by atoms with Gasteiger partial charge in [-0.3, -0.25) is 4.79 Å². The molecule has 4 rings (SSSR count). The number of nitrogens with zero attached hydrogens (tertiary/aromatic N) is 1. The van der Waals surface area contributed by atoms with Gasteiger partial charge < -0.3 is 19.4 Å². The maximum atomic E-state index is 12.9. The molecule has 0 radical (unpaired) electrons. The van der Waals surface area contributed by atoms with Gasteiger partial charge in [0.1, 0.15) is 13.2 Å². The first kappa shape index (κ1) is 16.5. The Kier molecular flexibility index (Phi) is 4.29. The lowest BCUT2D eigenvalue weighted by Gasteiger charge is -2.19. The number of anilines is 1. The number of fused-ring (bicyclic) bond motifs is 2. The van der Waals surface area contributed by atoms with Crippen molar-refractivity contribution in [3.8, 4) is 11.5 Å². The molecule has 1 aliphatic heterocycles. The second kappa shape index (κ2) is 6.75. The third-order valence-electron chi connectivity index (χ3n) is 4.40. The van der Waals surface area contributed by atoms with Crippen LogP contribution >= 0.6 is 0 Å². The van der Waals surface area contributed by atoms with Crippen LogP contribution in [0, 0.1) is 5.92 Å². The third-order valence-corrected chi connectivity index (χ3v) is 4.40. The molecule has 3 aromatic rings. The summed E-state index contributed by atoms with van der Waals surface area (Å²) in [5.74, 6) is 1.75. The molecule has 1 aliphatic rings. The van der Waals surface area contributed by atoms with E-state index in [9.17, 15) is 4.79 Å². The molecular formula is C21H22N2O3. The molecule has 1 amide bonds. The number of para-hydroxylation sites is 1. The molecule has 1 N–H and O–H groups in total.